The zero-order valence-electron chi connectivity index (χ0n) is 6.77. The van der Waals surface area contributed by atoms with E-state index in [1.54, 1.807) is 24.3 Å². The molecule has 0 unspecified atom stereocenters. The molecule has 5 heteroatoms. The Kier molecular flexibility index (Phi) is 3.69. The van der Waals surface area contributed by atoms with Crippen LogP contribution >= 0.6 is 22.6 Å². The minimum atomic E-state index is -3.28. The van der Waals surface area contributed by atoms with Gasteiger partial charge in [-0.15, -0.1) is 0 Å². The smallest absolute Gasteiger partial charge is 0.180 e. The largest absolute Gasteiger partial charge is 0.395 e. The molecule has 0 atom stereocenters. The van der Waals surface area contributed by atoms with E-state index in [0.29, 0.717) is 0 Å². The molecule has 3 nitrogen and oxygen atoms in total. The minimum Gasteiger partial charge on any atom is -0.395 e. The summed E-state index contributed by atoms with van der Waals surface area (Å²) in [6.45, 7) is -0.339. The molecule has 0 amide bonds. The van der Waals surface area contributed by atoms with Crippen LogP contribution in [0.25, 0.3) is 0 Å². The summed E-state index contributed by atoms with van der Waals surface area (Å²) in [5, 5.41) is 8.54. The highest BCUT2D eigenvalue weighted by atomic mass is 127. The first-order valence-corrected chi connectivity index (χ1v) is 6.38. The molecule has 0 radical (unpaired) electrons. The van der Waals surface area contributed by atoms with Crippen molar-refractivity contribution in [1.82, 2.24) is 0 Å². The van der Waals surface area contributed by atoms with Crippen LogP contribution in [-0.4, -0.2) is 25.9 Å². The van der Waals surface area contributed by atoms with E-state index in [2.05, 4.69) is 22.6 Å². The SMILES string of the molecule is O=S(=O)(CCO)c1ccc(I)cc1. The lowest BCUT2D eigenvalue weighted by molar-refractivity contribution is 0.319. The van der Waals surface area contributed by atoms with Gasteiger partial charge in [0.05, 0.1) is 17.3 Å². The van der Waals surface area contributed by atoms with Crippen LogP contribution in [0.4, 0.5) is 0 Å². The molecule has 1 rings (SSSR count). The Morgan fingerprint density at radius 1 is 1.23 bits per heavy atom. The summed E-state index contributed by atoms with van der Waals surface area (Å²) in [5.41, 5.74) is 0. The molecule has 0 aliphatic heterocycles. The molecule has 13 heavy (non-hydrogen) atoms. The second-order valence-electron chi connectivity index (χ2n) is 2.50. The summed E-state index contributed by atoms with van der Waals surface area (Å²) in [6, 6.07) is 6.55. The molecule has 0 saturated heterocycles. The van der Waals surface area contributed by atoms with Crippen LogP contribution in [0.5, 0.6) is 0 Å². The Morgan fingerprint density at radius 3 is 2.23 bits per heavy atom. The van der Waals surface area contributed by atoms with Gasteiger partial charge in [-0.25, -0.2) is 8.42 Å². The van der Waals surface area contributed by atoms with E-state index in [4.69, 9.17) is 5.11 Å². The third kappa shape index (κ3) is 2.92. The molecule has 1 aromatic rings. The van der Waals surface area contributed by atoms with Crippen molar-refractivity contribution in [2.24, 2.45) is 0 Å². The number of hydrogen-bond acceptors (Lipinski definition) is 3. The average molecular weight is 312 g/mol. The Labute approximate surface area is 90.8 Å². The number of aliphatic hydroxyl groups is 1. The average Bonchev–Trinajstić information content (AvgIpc) is 2.05. The van der Waals surface area contributed by atoms with Gasteiger partial charge in [0, 0.05) is 3.57 Å². The van der Waals surface area contributed by atoms with E-state index in [0.717, 1.165) is 3.57 Å². The third-order valence-corrected chi connectivity index (χ3v) is 3.96. The summed E-state index contributed by atoms with van der Waals surface area (Å²) in [4.78, 5) is 0.266. The van der Waals surface area contributed by atoms with Gasteiger partial charge in [0.2, 0.25) is 0 Å². The lowest BCUT2D eigenvalue weighted by Crippen LogP contribution is -2.09. The van der Waals surface area contributed by atoms with Crippen LogP contribution in [0.3, 0.4) is 0 Å². The number of aliphatic hydroxyl groups excluding tert-OH is 1. The molecule has 0 fully saturated rings. The van der Waals surface area contributed by atoms with Gasteiger partial charge in [0.25, 0.3) is 0 Å². The molecule has 0 aromatic heterocycles. The molecule has 0 saturated carbocycles. The van der Waals surface area contributed by atoms with E-state index in [1.165, 1.54) is 0 Å². The van der Waals surface area contributed by atoms with E-state index in [1.807, 2.05) is 0 Å². The van der Waals surface area contributed by atoms with Gasteiger partial charge in [0.15, 0.2) is 9.84 Å². The van der Waals surface area contributed by atoms with Crippen molar-refractivity contribution >= 4 is 32.4 Å². The Morgan fingerprint density at radius 2 is 1.77 bits per heavy atom. The van der Waals surface area contributed by atoms with E-state index >= 15 is 0 Å². The van der Waals surface area contributed by atoms with Crippen molar-refractivity contribution in [3.8, 4) is 0 Å². The van der Waals surface area contributed by atoms with Crippen molar-refractivity contribution in [1.29, 1.82) is 0 Å². The maximum Gasteiger partial charge on any atom is 0.180 e. The van der Waals surface area contributed by atoms with Crippen LogP contribution in [0.1, 0.15) is 0 Å². The number of halogens is 1. The summed E-state index contributed by atoms with van der Waals surface area (Å²) in [6.07, 6.45) is 0. The van der Waals surface area contributed by atoms with Gasteiger partial charge >= 0.3 is 0 Å². The normalized spacial score (nSPS) is 11.5. The minimum absolute atomic E-state index is 0.215. The molecule has 0 spiro atoms. The van der Waals surface area contributed by atoms with E-state index in [9.17, 15) is 8.42 Å². The number of benzene rings is 1. The molecule has 0 heterocycles. The summed E-state index contributed by atoms with van der Waals surface area (Å²) >= 11 is 2.10. The van der Waals surface area contributed by atoms with Crippen molar-refractivity contribution in [2.75, 3.05) is 12.4 Å². The van der Waals surface area contributed by atoms with Gasteiger partial charge in [0.1, 0.15) is 0 Å². The lowest BCUT2D eigenvalue weighted by Gasteiger charge is -2.01. The van der Waals surface area contributed by atoms with Crippen molar-refractivity contribution in [2.45, 2.75) is 4.90 Å². The lowest BCUT2D eigenvalue weighted by atomic mass is 10.4. The van der Waals surface area contributed by atoms with Gasteiger partial charge in [-0.1, -0.05) is 0 Å². The molecule has 72 valence electrons. The monoisotopic (exact) mass is 312 g/mol. The van der Waals surface area contributed by atoms with E-state index < -0.39 is 9.84 Å². The summed E-state index contributed by atoms with van der Waals surface area (Å²) < 4.78 is 23.7. The fourth-order valence-electron chi connectivity index (χ4n) is 0.880. The highest BCUT2D eigenvalue weighted by molar-refractivity contribution is 14.1. The quantitative estimate of drug-likeness (QED) is 0.849. The zero-order valence-corrected chi connectivity index (χ0v) is 9.75. The third-order valence-electron chi connectivity index (χ3n) is 1.53. The van der Waals surface area contributed by atoms with Gasteiger partial charge in [-0.3, -0.25) is 0 Å². The van der Waals surface area contributed by atoms with Crippen molar-refractivity contribution in [3.63, 3.8) is 0 Å². The topological polar surface area (TPSA) is 54.4 Å². The molecule has 1 aromatic carbocycles. The number of rotatable bonds is 3. The molecule has 0 bridgehead atoms. The molecule has 0 aliphatic carbocycles. The summed E-state index contributed by atoms with van der Waals surface area (Å²) in [7, 11) is -3.28. The molecule has 1 N–H and O–H groups in total. The first-order valence-electron chi connectivity index (χ1n) is 3.65. The molecular formula is C8H9IO3S. The van der Waals surface area contributed by atoms with Crippen molar-refractivity contribution < 1.29 is 13.5 Å². The van der Waals surface area contributed by atoms with Crippen molar-refractivity contribution in [3.05, 3.63) is 27.8 Å². The van der Waals surface area contributed by atoms with Gasteiger partial charge in [-0.05, 0) is 46.9 Å². The Hall–Kier alpha value is -0.140. The first kappa shape index (κ1) is 10.9. The van der Waals surface area contributed by atoms with Gasteiger partial charge < -0.3 is 5.11 Å². The first-order chi connectivity index (χ1) is 6.06. The predicted molar refractivity (Wildman–Crippen MR) is 58.3 cm³/mol. The number of sulfone groups is 1. The maximum absolute atomic E-state index is 11.4. The maximum atomic E-state index is 11.4. The van der Waals surface area contributed by atoms with Crippen LogP contribution in [-0.2, 0) is 9.84 Å². The summed E-state index contributed by atoms with van der Waals surface area (Å²) in [5.74, 6) is -0.215. The highest BCUT2D eigenvalue weighted by Gasteiger charge is 2.12. The highest BCUT2D eigenvalue weighted by Crippen LogP contribution is 2.13. The van der Waals surface area contributed by atoms with Crippen LogP contribution in [0.2, 0.25) is 0 Å². The fraction of sp³-hybridized carbons (Fsp3) is 0.250. The van der Waals surface area contributed by atoms with Crippen LogP contribution < -0.4 is 0 Å². The van der Waals surface area contributed by atoms with E-state index in [-0.39, 0.29) is 17.3 Å². The second kappa shape index (κ2) is 4.39. The Bertz CT molecular complexity index is 369. The second-order valence-corrected chi connectivity index (χ2v) is 5.85. The number of hydrogen-bond donors (Lipinski definition) is 1. The molecular weight excluding hydrogens is 303 g/mol. The predicted octanol–water partition coefficient (Wildman–Crippen LogP) is 1.06. The standard InChI is InChI=1S/C8H9IO3S/c9-7-1-3-8(4-2-7)13(11,12)6-5-10/h1-4,10H,5-6H2. The van der Waals surface area contributed by atoms with Gasteiger partial charge in [-0.2, -0.15) is 0 Å². The Balaban J connectivity index is 3.02. The van der Waals surface area contributed by atoms with Crippen LogP contribution in [0, 0.1) is 3.57 Å². The van der Waals surface area contributed by atoms with Crippen LogP contribution in [0.15, 0.2) is 29.2 Å². The fourth-order valence-corrected chi connectivity index (χ4v) is 2.27. The molecule has 0 aliphatic rings. The zero-order chi connectivity index (χ0) is 9.90.